The lowest BCUT2D eigenvalue weighted by Gasteiger charge is -2.35. The van der Waals surface area contributed by atoms with Crippen LogP contribution in [0.5, 0.6) is 0 Å². The number of hydrogen-bond acceptors (Lipinski definition) is 2. The van der Waals surface area contributed by atoms with Crippen molar-refractivity contribution < 1.29 is 13.2 Å². The topological polar surface area (TPSA) is 15.3 Å². The number of nitrogens with zero attached hydrogens (tertiary/aromatic N) is 1. The van der Waals surface area contributed by atoms with Crippen LogP contribution in [-0.2, 0) is 0 Å². The minimum atomic E-state index is -4.04. The maximum absolute atomic E-state index is 13.1. The molecule has 0 spiro atoms. The molecule has 0 bridgehead atoms. The first kappa shape index (κ1) is 14.6. The van der Waals surface area contributed by atoms with Gasteiger partial charge in [0.15, 0.2) is 0 Å². The molecule has 2 saturated carbocycles. The second-order valence-corrected chi connectivity index (χ2v) is 6.92. The van der Waals surface area contributed by atoms with Crippen molar-refractivity contribution in [3.63, 3.8) is 0 Å². The molecule has 0 aromatic rings. The number of halogens is 3. The Bertz CT molecular complexity index is 341. The maximum Gasteiger partial charge on any atom is 0.393 e. The molecule has 116 valence electrons. The lowest BCUT2D eigenvalue weighted by Crippen LogP contribution is -2.50. The zero-order valence-corrected chi connectivity index (χ0v) is 12.1. The second-order valence-electron chi connectivity index (χ2n) is 6.92. The van der Waals surface area contributed by atoms with E-state index in [1.54, 1.807) is 0 Å². The highest BCUT2D eigenvalue weighted by atomic mass is 19.4. The Kier molecular flexibility index (Phi) is 4.01. The molecule has 0 amide bonds. The molecular weight excluding hydrogens is 265 g/mol. The van der Waals surface area contributed by atoms with E-state index in [1.807, 2.05) is 0 Å². The Morgan fingerprint density at radius 1 is 1.05 bits per heavy atom. The quantitative estimate of drug-likeness (QED) is 0.858. The molecule has 1 saturated heterocycles. The number of likely N-dealkylation sites (tertiary alicyclic amines) is 1. The van der Waals surface area contributed by atoms with Crippen LogP contribution in [0.2, 0.25) is 0 Å². The Labute approximate surface area is 119 Å². The standard InChI is InChI=1S/C15H25F3N2/c1-10-8-11(9-20(10)12-6-7-12)19-14-5-3-2-4-13(14)15(16,17)18/h10-14,19H,2-9H2,1H3. The van der Waals surface area contributed by atoms with E-state index in [2.05, 4.69) is 17.1 Å². The summed E-state index contributed by atoms with van der Waals surface area (Å²) in [4.78, 5) is 2.49. The minimum absolute atomic E-state index is 0.249. The molecule has 4 unspecified atom stereocenters. The van der Waals surface area contributed by atoms with Gasteiger partial charge in [0.05, 0.1) is 5.92 Å². The van der Waals surface area contributed by atoms with Crippen LogP contribution >= 0.6 is 0 Å². The van der Waals surface area contributed by atoms with Crippen molar-refractivity contribution in [1.82, 2.24) is 10.2 Å². The summed E-state index contributed by atoms with van der Waals surface area (Å²) in [5, 5.41) is 3.36. The van der Waals surface area contributed by atoms with Crippen LogP contribution in [-0.4, -0.2) is 41.8 Å². The van der Waals surface area contributed by atoms with Gasteiger partial charge in [-0.3, -0.25) is 4.90 Å². The Morgan fingerprint density at radius 2 is 1.75 bits per heavy atom. The summed E-state index contributed by atoms with van der Waals surface area (Å²) in [7, 11) is 0. The first-order chi connectivity index (χ1) is 9.45. The van der Waals surface area contributed by atoms with Gasteiger partial charge in [0.1, 0.15) is 0 Å². The fourth-order valence-corrected chi connectivity index (χ4v) is 4.12. The smallest absolute Gasteiger partial charge is 0.309 e. The molecule has 3 aliphatic rings. The lowest BCUT2D eigenvalue weighted by molar-refractivity contribution is -0.189. The van der Waals surface area contributed by atoms with Gasteiger partial charge in [-0.05, 0) is 39.0 Å². The summed E-state index contributed by atoms with van der Waals surface area (Å²) in [5.41, 5.74) is 0. The molecular formula is C15H25F3N2. The van der Waals surface area contributed by atoms with Gasteiger partial charge < -0.3 is 5.32 Å². The van der Waals surface area contributed by atoms with E-state index < -0.39 is 12.1 Å². The first-order valence-electron chi connectivity index (χ1n) is 8.03. The molecule has 0 aromatic heterocycles. The molecule has 2 aliphatic carbocycles. The molecule has 0 radical (unpaired) electrons. The Hall–Kier alpha value is -0.290. The Balaban J connectivity index is 1.58. The van der Waals surface area contributed by atoms with E-state index in [0.717, 1.165) is 25.8 Å². The average Bonchev–Trinajstić information content (AvgIpc) is 3.14. The zero-order chi connectivity index (χ0) is 14.3. The molecule has 5 heteroatoms. The number of nitrogens with one attached hydrogen (secondary N) is 1. The monoisotopic (exact) mass is 290 g/mol. The third kappa shape index (κ3) is 3.14. The summed E-state index contributed by atoms with van der Waals surface area (Å²) < 4.78 is 39.3. The summed E-state index contributed by atoms with van der Waals surface area (Å²) in [6.45, 7) is 3.15. The molecule has 1 N–H and O–H groups in total. The molecule has 1 heterocycles. The van der Waals surface area contributed by atoms with Crippen molar-refractivity contribution in [3.05, 3.63) is 0 Å². The van der Waals surface area contributed by atoms with E-state index in [1.165, 1.54) is 12.8 Å². The number of hydrogen-bond donors (Lipinski definition) is 1. The fraction of sp³-hybridized carbons (Fsp3) is 1.00. The number of alkyl halides is 3. The van der Waals surface area contributed by atoms with Crippen LogP contribution in [0.25, 0.3) is 0 Å². The van der Waals surface area contributed by atoms with Crippen molar-refractivity contribution in [2.75, 3.05) is 6.54 Å². The summed E-state index contributed by atoms with van der Waals surface area (Å²) in [6.07, 6.45) is 2.12. The zero-order valence-electron chi connectivity index (χ0n) is 12.1. The highest BCUT2D eigenvalue weighted by molar-refractivity contribution is 4.98. The molecule has 2 nitrogen and oxygen atoms in total. The van der Waals surface area contributed by atoms with Crippen molar-refractivity contribution in [1.29, 1.82) is 0 Å². The third-order valence-corrected chi connectivity index (χ3v) is 5.28. The van der Waals surface area contributed by atoms with Crippen molar-refractivity contribution in [2.24, 2.45) is 5.92 Å². The number of rotatable bonds is 3. The second kappa shape index (κ2) is 5.48. The predicted octanol–water partition coefficient (Wildman–Crippen LogP) is 3.32. The van der Waals surface area contributed by atoms with Gasteiger partial charge in [0.25, 0.3) is 0 Å². The fourth-order valence-electron chi connectivity index (χ4n) is 4.12. The maximum atomic E-state index is 13.1. The van der Waals surface area contributed by atoms with Crippen molar-refractivity contribution >= 4 is 0 Å². The van der Waals surface area contributed by atoms with Crippen LogP contribution in [0.3, 0.4) is 0 Å². The first-order valence-corrected chi connectivity index (χ1v) is 8.03. The highest BCUT2D eigenvalue weighted by Gasteiger charge is 2.47. The summed E-state index contributed by atoms with van der Waals surface area (Å²) in [6, 6.07) is 1.12. The van der Waals surface area contributed by atoms with Gasteiger partial charge in [0.2, 0.25) is 0 Å². The average molecular weight is 290 g/mol. The van der Waals surface area contributed by atoms with E-state index in [-0.39, 0.29) is 12.1 Å². The lowest BCUT2D eigenvalue weighted by atomic mass is 9.83. The van der Waals surface area contributed by atoms with Gasteiger partial charge in [-0.15, -0.1) is 0 Å². The summed E-state index contributed by atoms with van der Waals surface area (Å²) in [5.74, 6) is -1.14. The highest BCUT2D eigenvalue weighted by Crippen LogP contribution is 2.39. The SMILES string of the molecule is CC1CC(NC2CCCCC2C(F)(F)F)CN1C1CC1. The molecule has 20 heavy (non-hydrogen) atoms. The summed E-state index contributed by atoms with van der Waals surface area (Å²) >= 11 is 0. The van der Waals surface area contributed by atoms with Crippen LogP contribution < -0.4 is 5.32 Å². The van der Waals surface area contributed by atoms with Crippen molar-refractivity contribution in [2.45, 2.75) is 82.2 Å². The van der Waals surface area contributed by atoms with Gasteiger partial charge in [-0.2, -0.15) is 13.2 Å². The predicted molar refractivity (Wildman–Crippen MR) is 72.5 cm³/mol. The van der Waals surface area contributed by atoms with Crippen LogP contribution in [0, 0.1) is 5.92 Å². The van der Waals surface area contributed by atoms with Crippen LogP contribution in [0.1, 0.15) is 51.9 Å². The van der Waals surface area contributed by atoms with E-state index in [4.69, 9.17) is 0 Å². The molecule has 1 aliphatic heterocycles. The molecule has 3 fully saturated rings. The van der Waals surface area contributed by atoms with Gasteiger partial charge in [-0.25, -0.2) is 0 Å². The van der Waals surface area contributed by atoms with Gasteiger partial charge in [0, 0.05) is 30.7 Å². The molecule has 0 aromatic carbocycles. The largest absolute Gasteiger partial charge is 0.393 e. The van der Waals surface area contributed by atoms with Crippen molar-refractivity contribution in [3.8, 4) is 0 Å². The Morgan fingerprint density at radius 3 is 2.40 bits per heavy atom. The minimum Gasteiger partial charge on any atom is -0.309 e. The van der Waals surface area contributed by atoms with Crippen LogP contribution in [0.4, 0.5) is 13.2 Å². The molecule has 3 rings (SSSR count). The third-order valence-electron chi connectivity index (χ3n) is 5.28. The normalized spacial score (nSPS) is 40.2. The van der Waals surface area contributed by atoms with Gasteiger partial charge >= 0.3 is 6.18 Å². The van der Waals surface area contributed by atoms with Gasteiger partial charge in [-0.1, -0.05) is 12.8 Å². The molecule has 4 atom stereocenters. The van der Waals surface area contributed by atoms with Crippen LogP contribution in [0.15, 0.2) is 0 Å². The van der Waals surface area contributed by atoms with E-state index in [0.29, 0.717) is 24.9 Å². The van der Waals surface area contributed by atoms with E-state index >= 15 is 0 Å². The van der Waals surface area contributed by atoms with E-state index in [9.17, 15) is 13.2 Å².